The van der Waals surface area contributed by atoms with Gasteiger partial charge in [-0.1, -0.05) is 12.1 Å². The van der Waals surface area contributed by atoms with Gasteiger partial charge in [0.25, 0.3) is 5.56 Å². The van der Waals surface area contributed by atoms with E-state index in [1.54, 1.807) is 29.6 Å². The Balaban J connectivity index is 1.72. The highest BCUT2D eigenvalue weighted by Gasteiger charge is 2.62. The summed E-state index contributed by atoms with van der Waals surface area (Å²) >= 11 is 1.61. The van der Waals surface area contributed by atoms with Gasteiger partial charge in [0.15, 0.2) is 0 Å². The molecule has 0 bridgehead atoms. The summed E-state index contributed by atoms with van der Waals surface area (Å²) in [7, 11) is 0. The Kier molecular flexibility index (Phi) is 2.71. The van der Waals surface area contributed by atoms with E-state index >= 15 is 0 Å². The largest absolute Gasteiger partial charge is 0.481 e. The molecule has 6 heteroatoms. The molecule has 2 aromatic heterocycles. The van der Waals surface area contributed by atoms with Crippen LogP contribution in [0.2, 0.25) is 0 Å². The molecular formula is C16H12N2O3S. The summed E-state index contributed by atoms with van der Waals surface area (Å²) in [4.78, 5) is 29.2. The lowest BCUT2D eigenvalue weighted by molar-refractivity contribution is -0.141. The number of hydrogen-bond donors (Lipinski definition) is 1. The fourth-order valence-corrected chi connectivity index (χ4v) is 3.50. The second-order valence-electron chi connectivity index (χ2n) is 5.49. The molecule has 2 aliphatic rings. The first-order valence-corrected chi connectivity index (χ1v) is 7.76. The van der Waals surface area contributed by atoms with Gasteiger partial charge < -0.3 is 5.11 Å². The number of thiophene rings is 1. The molecule has 22 heavy (non-hydrogen) atoms. The zero-order chi connectivity index (χ0) is 15.3. The summed E-state index contributed by atoms with van der Waals surface area (Å²) in [6.45, 7) is 0. The third-order valence-electron chi connectivity index (χ3n) is 4.17. The molecular weight excluding hydrogens is 300 g/mol. The van der Waals surface area contributed by atoms with Crippen molar-refractivity contribution < 1.29 is 9.90 Å². The molecule has 0 amide bonds. The smallest absolute Gasteiger partial charge is 0.315 e. The van der Waals surface area contributed by atoms with Gasteiger partial charge in [0.1, 0.15) is 11.2 Å². The molecule has 0 saturated heterocycles. The van der Waals surface area contributed by atoms with E-state index in [0.29, 0.717) is 17.9 Å². The Morgan fingerprint density at radius 2 is 2.36 bits per heavy atom. The van der Waals surface area contributed by atoms with Gasteiger partial charge in [-0.25, -0.2) is 4.98 Å². The summed E-state index contributed by atoms with van der Waals surface area (Å²) in [6, 6.07) is 5.09. The highest BCUT2D eigenvalue weighted by Crippen LogP contribution is 2.59. The van der Waals surface area contributed by atoms with E-state index in [4.69, 9.17) is 0 Å². The van der Waals surface area contributed by atoms with Crippen LogP contribution in [0.3, 0.4) is 0 Å². The lowest BCUT2D eigenvalue weighted by atomic mass is 10.0. The zero-order valence-corrected chi connectivity index (χ0v) is 12.3. The van der Waals surface area contributed by atoms with Gasteiger partial charge in [0.05, 0.1) is 11.7 Å². The fraction of sp³-hybridized carbons (Fsp3) is 0.188. The van der Waals surface area contributed by atoms with Crippen LogP contribution in [0.4, 0.5) is 0 Å². The molecule has 1 N–H and O–H groups in total. The Morgan fingerprint density at radius 1 is 1.50 bits per heavy atom. The molecule has 1 saturated carbocycles. The van der Waals surface area contributed by atoms with Gasteiger partial charge in [-0.15, -0.1) is 11.3 Å². The van der Waals surface area contributed by atoms with Gasteiger partial charge in [-0.05, 0) is 36.1 Å². The number of aromatic nitrogens is 2. The number of carboxylic acids is 1. The molecule has 0 radical (unpaired) electrons. The van der Waals surface area contributed by atoms with E-state index in [9.17, 15) is 14.7 Å². The topological polar surface area (TPSA) is 72.2 Å². The van der Waals surface area contributed by atoms with Crippen LogP contribution in [0.1, 0.15) is 28.9 Å². The Labute approximate surface area is 129 Å². The van der Waals surface area contributed by atoms with Crippen molar-refractivity contribution in [1.29, 1.82) is 0 Å². The van der Waals surface area contributed by atoms with Crippen molar-refractivity contribution in [2.24, 2.45) is 5.41 Å². The normalized spacial score (nSPS) is 25.0. The quantitative estimate of drug-likeness (QED) is 0.945. The number of nitrogens with zero attached hydrogens (tertiary/aromatic N) is 2. The van der Waals surface area contributed by atoms with E-state index in [1.807, 2.05) is 23.6 Å². The van der Waals surface area contributed by atoms with Crippen LogP contribution in [0.15, 0.2) is 34.4 Å². The molecule has 1 fully saturated rings. The monoisotopic (exact) mass is 312 g/mol. The molecule has 0 aromatic carbocycles. The highest BCUT2D eigenvalue weighted by molar-refractivity contribution is 7.10. The third kappa shape index (κ3) is 1.88. The summed E-state index contributed by atoms with van der Waals surface area (Å²) < 4.78 is 1.50. The number of hydrogen-bond acceptors (Lipinski definition) is 4. The Bertz CT molecular complexity index is 879. The fourth-order valence-electron chi connectivity index (χ4n) is 2.88. The number of fused-ring (bicyclic) bond motifs is 3. The van der Waals surface area contributed by atoms with Crippen molar-refractivity contribution in [3.63, 3.8) is 0 Å². The van der Waals surface area contributed by atoms with Crippen molar-refractivity contribution in [3.8, 4) is 0 Å². The van der Waals surface area contributed by atoms with Crippen LogP contribution in [-0.4, -0.2) is 20.6 Å². The van der Waals surface area contributed by atoms with Crippen LogP contribution in [0, 0.1) is 5.41 Å². The average Bonchev–Trinajstić information content (AvgIpc) is 3.03. The van der Waals surface area contributed by atoms with Crippen LogP contribution < -0.4 is 5.56 Å². The third-order valence-corrected chi connectivity index (χ3v) is 5.00. The second kappa shape index (κ2) is 4.51. The van der Waals surface area contributed by atoms with E-state index in [0.717, 1.165) is 4.88 Å². The van der Waals surface area contributed by atoms with Crippen molar-refractivity contribution in [3.05, 3.63) is 56.4 Å². The zero-order valence-electron chi connectivity index (χ0n) is 11.5. The van der Waals surface area contributed by atoms with Gasteiger partial charge in [0, 0.05) is 10.9 Å². The van der Waals surface area contributed by atoms with Crippen molar-refractivity contribution in [2.45, 2.75) is 12.5 Å². The van der Waals surface area contributed by atoms with Gasteiger partial charge in [0.2, 0.25) is 0 Å². The van der Waals surface area contributed by atoms with Crippen molar-refractivity contribution in [2.75, 3.05) is 0 Å². The Hall–Kier alpha value is -2.47. The summed E-state index contributed by atoms with van der Waals surface area (Å²) in [5.41, 5.74) is -0.529. The molecule has 5 nitrogen and oxygen atoms in total. The molecule has 4 rings (SSSR count). The van der Waals surface area contributed by atoms with Gasteiger partial charge in [-0.2, -0.15) is 0 Å². The van der Waals surface area contributed by atoms with Crippen LogP contribution in [0.25, 0.3) is 18.2 Å². The molecule has 1 aliphatic heterocycles. The molecule has 2 atom stereocenters. The minimum Gasteiger partial charge on any atom is -0.481 e. The van der Waals surface area contributed by atoms with Gasteiger partial charge >= 0.3 is 5.97 Å². The molecule has 0 spiro atoms. The lowest BCUT2D eigenvalue weighted by Gasteiger charge is -2.17. The number of rotatable bonds is 3. The maximum Gasteiger partial charge on any atom is 0.315 e. The van der Waals surface area contributed by atoms with E-state index in [2.05, 4.69) is 4.98 Å². The minimum atomic E-state index is -0.910. The Morgan fingerprint density at radius 3 is 3.09 bits per heavy atom. The molecule has 2 aromatic rings. The number of carbonyl (C=O) groups is 1. The molecule has 1 aliphatic carbocycles. The summed E-state index contributed by atoms with van der Waals surface area (Å²) in [6.07, 6.45) is 7.47. The highest BCUT2D eigenvalue weighted by atomic mass is 32.1. The van der Waals surface area contributed by atoms with Crippen LogP contribution in [0.5, 0.6) is 0 Å². The summed E-state index contributed by atoms with van der Waals surface area (Å²) in [5.74, 6) is -0.356. The first kappa shape index (κ1) is 13.2. The predicted molar refractivity (Wildman–Crippen MR) is 84.5 cm³/mol. The van der Waals surface area contributed by atoms with E-state index in [1.165, 1.54) is 10.6 Å². The molecule has 2 unspecified atom stereocenters. The minimum absolute atomic E-state index is 0.201. The summed E-state index contributed by atoms with van der Waals surface area (Å²) in [5, 5.41) is 11.3. The maximum atomic E-state index is 12.3. The lowest BCUT2D eigenvalue weighted by Crippen LogP contribution is -2.29. The molecule has 110 valence electrons. The van der Waals surface area contributed by atoms with E-state index < -0.39 is 11.4 Å². The van der Waals surface area contributed by atoms with Crippen LogP contribution in [-0.2, 0) is 4.79 Å². The average molecular weight is 312 g/mol. The van der Waals surface area contributed by atoms with Crippen molar-refractivity contribution >= 4 is 35.5 Å². The number of aliphatic carboxylic acids is 1. The van der Waals surface area contributed by atoms with Crippen molar-refractivity contribution in [1.82, 2.24) is 9.55 Å². The maximum absolute atomic E-state index is 12.3. The standard InChI is InChI=1S/C16H12N2O3S/c19-14-8-10(3-4-11-2-1-7-22-11)17-13-5-6-16(15(20)21)9-12(16)18(13)14/h1-8,12H,9H2,(H,20,21)/b4-3+. The predicted octanol–water partition coefficient (Wildman–Crippen LogP) is 2.52. The SMILES string of the molecule is O=C(O)C12C=Cc3nc(/C=C/c4cccs4)cc(=O)n3C1C2. The number of carboxylic acid groups (broad SMARTS) is 1. The second-order valence-corrected chi connectivity index (χ2v) is 6.47. The molecule has 3 heterocycles. The van der Waals surface area contributed by atoms with Crippen LogP contribution >= 0.6 is 11.3 Å². The first-order chi connectivity index (χ1) is 10.6. The van der Waals surface area contributed by atoms with Gasteiger partial charge in [-0.3, -0.25) is 14.2 Å². The van der Waals surface area contributed by atoms with E-state index in [-0.39, 0.29) is 11.6 Å². The first-order valence-electron chi connectivity index (χ1n) is 6.88.